The van der Waals surface area contributed by atoms with E-state index in [2.05, 4.69) is 54.9 Å². The summed E-state index contributed by atoms with van der Waals surface area (Å²) in [5.41, 5.74) is 6.71. The number of aromatic amines is 1. The summed E-state index contributed by atoms with van der Waals surface area (Å²) < 4.78 is 2.08. The molecule has 0 unspecified atom stereocenters. The third-order valence-electron chi connectivity index (χ3n) is 6.09. The predicted octanol–water partition coefficient (Wildman–Crippen LogP) is 3.40. The molecule has 1 fully saturated rings. The number of benzene rings is 1. The minimum atomic E-state index is -0.0484. The second kappa shape index (κ2) is 8.15. The number of nitrogens with one attached hydrogen (secondary N) is 2. The topological polar surface area (TPSA) is 78.8 Å². The van der Waals surface area contributed by atoms with Crippen molar-refractivity contribution in [3.63, 3.8) is 0 Å². The summed E-state index contributed by atoms with van der Waals surface area (Å²) in [6.45, 7) is 8.65. The van der Waals surface area contributed by atoms with Gasteiger partial charge in [0.25, 0.3) is 5.91 Å². The fourth-order valence-electron chi connectivity index (χ4n) is 4.50. The highest BCUT2D eigenvalue weighted by atomic mass is 16.1. The molecule has 160 valence electrons. The number of nitrogens with zero attached hydrogens (tertiary/aromatic N) is 4. The zero-order valence-electron chi connectivity index (χ0n) is 18.1. The fourth-order valence-corrected chi connectivity index (χ4v) is 4.50. The van der Waals surface area contributed by atoms with E-state index in [-0.39, 0.29) is 5.91 Å². The van der Waals surface area contributed by atoms with Crippen molar-refractivity contribution in [2.45, 2.75) is 33.2 Å². The van der Waals surface area contributed by atoms with Crippen LogP contribution in [0.5, 0.6) is 0 Å². The van der Waals surface area contributed by atoms with E-state index in [4.69, 9.17) is 0 Å². The van der Waals surface area contributed by atoms with Crippen LogP contribution in [0.4, 0.5) is 0 Å². The standard InChI is InChI=1S/C24H28N6O/c1-16-11-17(2)27-23-22(16)26-15-30(23)14-18-5-6-20-19(12-18)13-21(28-20)24(31)25-7-10-29-8-3-4-9-29/h5-6,11-13,15,28H,3-4,7-10,14H2,1-2H3,(H,25,31). The second-order valence-corrected chi connectivity index (χ2v) is 8.53. The number of carbonyl (C=O) groups excluding carboxylic acids is 1. The number of imidazole rings is 1. The number of rotatable bonds is 6. The van der Waals surface area contributed by atoms with Crippen LogP contribution in [0.1, 0.15) is 40.2 Å². The molecule has 1 amide bonds. The van der Waals surface area contributed by atoms with Crippen LogP contribution in [-0.4, -0.2) is 56.5 Å². The molecule has 31 heavy (non-hydrogen) atoms. The number of hydrogen-bond donors (Lipinski definition) is 2. The Bertz CT molecular complexity index is 1250. The van der Waals surface area contributed by atoms with Crippen molar-refractivity contribution in [3.05, 3.63) is 59.2 Å². The number of likely N-dealkylation sites (tertiary alicyclic amines) is 1. The third-order valence-corrected chi connectivity index (χ3v) is 6.09. The van der Waals surface area contributed by atoms with E-state index < -0.39 is 0 Å². The number of carbonyl (C=O) groups is 1. The maximum absolute atomic E-state index is 12.6. The van der Waals surface area contributed by atoms with Crippen molar-refractivity contribution >= 4 is 28.0 Å². The van der Waals surface area contributed by atoms with Gasteiger partial charge in [-0.05, 0) is 75.2 Å². The Labute approximate surface area is 181 Å². The fraction of sp³-hybridized carbons (Fsp3) is 0.375. The molecular weight excluding hydrogens is 388 g/mol. The van der Waals surface area contributed by atoms with E-state index in [1.807, 2.05) is 25.4 Å². The third kappa shape index (κ3) is 4.05. The summed E-state index contributed by atoms with van der Waals surface area (Å²) in [4.78, 5) is 27.4. The zero-order valence-corrected chi connectivity index (χ0v) is 18.1. The Balaban J connectivity index is 1.31. The summed E-state index contributed by atoms with van der Waals surface area (Å²) >= 11 is 0. The highest BCUT2D eigenvalue weighted by molar-refractivity contribution is 5.98. The second-order valence-electron chi connectivity index (χ2n) is 8.53. The lowest BCUT2D eigenvalue weighted by Crippen LogP contribution is -2.33. The lowest BCUT2D eigenvalue weighted by atomic mass is 10.1. The Morgan fingerprint density at radius 3 is 2.84 bits per heavy atom. The molecule has 4 heterocycles. The quantitative estimate of drug-likeness (QED) is 0.505. The predicted molar refractivity (Wildman–Crippen MR) is 122 cm³/mol. The molecule has 1 aromatic carbocycles. The summed E-state index contributed by atoms with van der Waals surface area (Å²) in [6, 6.07) is 10.2. The first-order valence-electron chi connectivity index (χ1n) is 11.0. The minimum Gasteiger partial charge on any atom is -0.351 e. The number of aromatic nitrogens is 4. The van der Waals surface area contributed by atoms with E-state index in [0.717, 1.165) is 58.5 Å². The van der Waals surface area contributed by atoms with Crippen LogP contribution in [0, 0.1) is 13.8 Å². The van der Waals surface area contributed by atoms with Gasteiger partial charge >= 0.3 is 0 Å². The van der Waals surface area contributed by atoms with Crippen LogP contribution in [0.25, 0.3) is 22.1 Å². The van der Waals surface area contributed by atoms with E-state index >= 15 is 0 Å². The lowest BCUT2D eigenvalue weighted by molar-refractivity contribution is 0.0945. The van der Waals surface area contributed by atoms with Gasteiger partial charge in [-0.15, -0.1) is 0 Å². The van der Waals surface area contributed by atoms with Crippen molar-refractivity contribution < 1.29 is 4.79 Å². The van der Waals surface area contributed by atoms with Gasteiger partial charge in [-0.2, -0.15) is 0 Å². The molecule has 0 spiro atoms. The highest BCUT2D eigenvalue weighted by Gasteiger charge is 2.14. The summed E-state index contributed by atoms with van der Waals surface area (Å²) in [5, 5.41) is 4.07. The molecule has 0 atom stereocenters. The molecule has 0 aliphatic carbocycles. The van der Waals surface area contributed by atoms with Crippen LogP contribution in [0.2, 0.25) is 0 Å². The van der Waals surface area contributed by atoms with Gasteiger partial charge in [0.05, 0.1) is 12.9 Å². The van der Waals surface area contributed by atoms with Crippen molar-refractivity contribution in [2.75, 3.05) is 26.2 Å². The average Bonchev–Trinajstić information content (AvgIpc) is 3.48. The Hall–Kier alpha value is -3.19. The number of fused-ring (bicyclic) bond motifs is 2. The number of amides is 1. The van der Waals surface area contributed by atoms with Gasteiger partial charge in [-0.1, -0.05) is 6.07 Å². The number of H-pyrrole nitrogens is 1. The first-order chi connectivity index (χ1) is 15.1. The van der Waals surface area contributed by atoms with E-state index in [9.17, 15) is 4.79 Å². The maximum atomic E-state index is 12.6. The summed E-state index contributed by atoms with van der Waals surface area (Å²) in [5.74, 6) is -0.0484. The molecule has 3 aromatic heterocycles. The smallest absolute Gasteiger partial charge is 0.267 e. The van der Waals surface area contributed by atoms with Gasteiger partial charge in [-0.25, -0.2) is 9.97 Å². The molecule has 1 aliphatic rings. The lowest BCUT2D eigenvalue weighted by Gasteiger charge is -2.14. The molecule has 7 nitrogen and oxygen atoms in total. The molecule has 1 aliphatic heterocycles. The van der Waals surface area contributed by atoms with Crippen LogP contribution in [-0.2, 0) is 6.54 Å². The van der Waals surface area contributed by atoms with Crippen molar-refractivity contribution in [2.24, 2.45) is 0 Å². The Morgan fingerprint density at radius 1 is 1.16 bits per heavy atom. The first-order valence-corrected chi connectivity index (χ1v) is 11.0. The maximum Gasteiger partial charge on any atom is 0.267 e. The molecule has 4 aromatic rings. The SMILES string of the molecule is Cc1cc(C)c2ncn(Cc3ccc4[nH]c(C(=O)NCCN5CCCC5)cc4c3)c2n1. The van der Waals surface area contributed by atoms with Gasteiger partial charge in [0.15, 0.2) is 5.65 Å². The molecular formula is C24H28N6O. The largest absolute Gasteiger partial charge is 0.351 e. The first kappa shape index (κ1) is 19.8. The highest BCUT2D eigenvalue weighted by Crippen LogP contribution is 2.21. The number of hydrogen-bond acceptors (Lipinski definition) is 4. The molecule has 0 radical (unpaired) electrons. The minimum absolute atomic E-state index is 0.0484. The zero-order chi connectivity index (χ0) is 21.4. The Morgan fingerprint density at radius 2 is 2.00 bits per heavy atom. The van der Waals surface area contributed by atoms with Crippen molar-refractivity contribution in [1.29, 1.82) is 0 Å². The van der Waals surface area contributed by atoms with Gasteiger partial charge < -0.3 is 19.8 Å². The summed E-state index contributed by atoms with van der Waals surface area (Å²) in [7, 11) is 0. The van der Waals surface area contributed by atoms with E-state index in [1.165, 1.54) is 12.8 Å². The molecule has 2 N–H and O–H groups in total. The van der Waals surface area contributed by atoms with E-state index in [1.54, 1.807) is 0 Å². The van der Waals surface area contributed by atoms with Gasteiger partial charge in [-0.3, -0.25) is 4.79 Å². The average molecular weight is 417 g/mol. The van der Waals surface area contributed by atoms with Crippen LogP contribution < -0.4 is 5.32 Å². The number of pyridine rings is 1. The normalized spacial score (nSPS) is 14.6. The van der Waals surface area contributed by atoms with Crippen molar-refractivity contribution in [3.8, 4) is 0 Å². The molecule has 0 bridgehead atoms. The molecule has 0 saturated carbocycles. The molecule has 7 heteroatoms. The van der Waals surface area contributed by atoms with Gasteiger partial charge in [0, 0.05) is 29.7 Å². The van der Waals surface area contributed by atoms with Crippen LogP contribution in [0.3, 0.4) is 0 Å². The van der Waals surface area contributed by atoms with Crippen LogP contribution in [0.15, 0.2) is 36.7 Å². The van der Waals surface area contributed by atoms with Gasteiger partial charge in [0.2, 0.25) is 0 Å². The van der Waals surface area contributed by atoms with Crippen molar-refractivity contribution in [1.82, 2.24) is 29.7 Å². The molecule has 1 saturated heterocycles. The Kier molecular flexibility index (Phi) is 5.19. The monoisotopic (exact) mass is 416 g/mol. The van der Waals surface area contributed by atoms with Gasteiger partial charge in [0.1, 0.15) is 11.2 Å². The number of aryl methyl sites for hydroxylation is 2. The summed E-state index contributed by atoms with van der Waals surface area (Å²) in [6.07, 6.45) is 4.38. The molecule has 5 rings (SSSR count). The van der Waals surface area contributed by atoms with E-state index in [0.29, 0.717) is 18.8 Å². The van der Waals surface area contributed by atoms with Crippen LogP contribution >= 0.6 is 0 Å².